The van der Waals surface area contributed by atoms with Gasteiger partial charge in [0.05, 0.1) is 6.54 Å². The van der Waals surface area contributed by atoms with Crippen molar-refractivity contribution in [2.24, 2.45) is 5.92 Å². The van der Waals surface area contributed by atoms with Crippen molar-refractivity contribution in [3.05, 3.63) is 29.8 Å². The quantitative estimate of drug-likeness (QED) is 0.859. The molecule has 1 aliphatic rings. The van der Waals surface area contributed by atoms with Gasteiger partial charge in [-0.2, -0.15) is 0 Å². The van der Waals surface area contributed by atoms with Crippen LogP contribution in [0, 0.1) is 12.8 Å². The highest BCUT2D eigenvalue weighted by Crippen LogP contribution is 2.24. The third kappa shape index (κ3) is 2.23. The Bertz CT molecular complexity index is 465. The number of hydrogen-bond donors (Lipinski definition) is 1. The molecular weight excluding hydrogens is 228 g/mol. The summed E-state index contributed by atoms with van der Waals surface area (Å²) in [6.45, 7) is 5.97. The molecule has 0 saturated carbocycles. The van der Waals surface area contributed by atoms with Gasteiger partial charge in [-0.1, -0.05) is 31.5 Å². The lowest BCUT2D eigenvalue weighted by molar-refractivity contribution is -0.131. The number of rotatable bonds is 2. The van der Waals surface area contributed by atoms with Gasteiger partial charge in [0.2, 0.25) is 11.8 Å². The first kappa shape index (κ1) is 12.6. The Morgan fingerprint density at radius 3 is 2.39 bits per heavy atom. The Labute approximate surface area is 107 Å². The number of hydrogen-bond acceptors (Lipinski definition) is 2. The van der Waals surface area contributed by atoms with Crippen molar-refractivity contribution >= 4 is 17.5 Å². The van der Waals surface area contributed by atoms with Crippen LogP contribution < -0.4 is 10.2 Å². The van der Waals surface area contributed by atoms with Gasteiger partial charge in [-0.15, -0.1) is 0 Å². The second-order valence-electron chi connectivity index (χ2n) is 5.01. The number of piperazine rings is 1. The second kappa shape index (κ2) is 4.80. The molecule has 1 heterocycles. The van der Waals surface area contributed by atoms with Gasteiger partial charge in [0, 0.05) is 5.69 Å². The number of nitrogens with one attached hydrogen (secondary N) is 1. The van der Waals surface area contributed by atoms with E-state index in [2.05, 4.69) is 5.32 Å². The third-order valence-electron chi connectivity index (χ3n) is 3.17. The van der Waals surface area contributed by atoms with Gasteiger partial charge in [-0.05, 0) is 25.0 Å². The molecule has 1 aromatic rings. The predicted molar refractivity (Wildman–Crippen MR) is 70.3 cm³/mol. The molecule has 2 amide bonds. The summed E-state index contributed by atoms with van der Waals surface area (Å²) in [5, 5.41) is 2.64. The van der Waals surface area contributed by atoms with Crippen molar-refractivity contribution in [3.63, 3.8) is 0 Å². The number of benzene rings is 1. The Morgan fingerprint density at radius 1 is 1.22 bits per heavy atom. The molecular formula is C14H18N2O2. The molecule has 2 rings (SSSR count). The van der Waals surface area contributed by atoms with Gasteiger partial charge in [0.1, 0.15) is 6.04 Å². The summed E-state index contributed by atoms with van der Waals surface area (Å²) in [6, 6.07) is 7.26. The lowest BCUT2D eigenvalue weighted by Gasteiger charge is -2.37. The molecule has 0 aliphatic carbocycles. The molecule has 0 radical (unpaired) electrons. The first-order chi connectivity index (χ1) is 8.50. The van der Waals surface area contributed by atoms with E-state index >= 15 is 0 Å². The molecule has 1 fully saturated rings. The van der Waals surface area contributed by atoms with Crippen LogP contribution in [-0.2, 0) is 9.59 Å². The minimum Gasteiger partial charge on any atom is -0.345 e. The number of aryl methyl sites for hydroxylation is 1. The molecule has 1 saturated heterocycles. The maximum Gasteiger partial charge on any atom is 0.247 e. The first-order valence-electron chi connectivity index (χ1n) is 6.17. The number of nitrogens with zero attached hydrogens (tertiary/aromatic N) is 1. The van der Waals surface area contributed by atoms with E-state index in [1.807, 2.05) is 45.0 Å². The highest BCUT2D eigenvalue weighted by molar-refractivity contribution is 6.06. The minimum atomic E-state index is -0.422. The second-order valence-corrected chi connectivity index (χ2v) is 5.01. The number of anilines is 1. The topological polar surface area (TPSA) is 49.4 Å². The summed E-state index contributed by atoms with van der Waals surface area (Å²) in [7, 11) is 0. The molecule has 1 aromatic carbocycles. The molecule has 4 nitrogen and oxygen atoms in total. The maximum absolute atomic E-state index is 12.1. The van der Waals surface area contributed by atoms with Crippen molar-refractivity contribution in [2.75, 3.05) is 11.4 Å². The lowest BCUT2D eigenvalue weighted by atomic mass is 9.98. The molecule has 96 valence electrons. The van der Waals surface area contributed by atoms with E-state index < -0.39 is 6.04 Å². The summed E-state index contributed by atoms with van der Waals surface area (Å²) in [5.74, 6) is -0.0575. The van der Waals surface area contributed by atoms with Crippen LogP contribution in [0.4, 0.5) is 5.69 Å². The monoisotopic (exact) mass is 246 g/mol. The van der Waals surface area contributed by atoms with Crippen LogP contribution >= 0.6 is 0 Å². The fraction of sp³-hybridized carbons (Fsp3) is 0.429. The van der Waals surface area contributed by atoms with E-state index in [1.54, 1.807) is 4.90 Å². The van der Waals surface area contributed by atoms with Gasteiger partial charge >= 0.3 is 0 Å². The van der Waals surface area contributed by atoms with Crippen LogP contribution in [0.5, 0.6) is 0 Å². The zero-order valence-corrected chi connectivity index (χ0v) is 10.9. The number of carbonyl (C=O) groups excluding carboxylic acids is 2. The highest BCUT2D eigenvalue weighted by Gasteiger charge is 2.37. The minimum absolute atomic E-state index is 0.0582. The van der Waals surface area contributed by atoms with E-state index in [0.29, 0.717) is 0 Å². The lowest BCUT2D eigenvalue weighted by Crippen LogP contribution is -2.60. The zero-order valence-electron chi connectivity index (χ0n) is 10.9. The molecule has 4 heteroatoms. The van der Waals surface area contributed by atoms with Crippen molar-refractivity contribution in [1.82, 2.24) is 5.32 Å². The van der Waals surface area contributed by atoms with E-state index in [1.165, 1.54) is 0 Å². The Hall–Kier alpha value is -1.84. The van der Waals surface area contributed by atoms with Crippen LogP contribution in [0.15, 0.2) is 24.3 Å². The normalized spacial score (nSPS) is 20.2. The van der Waals surface area contributed by atoms with Crippen molar-refractivity contribution in [1.29, 1.82) is 0 Å². The van der Waals surface area contributed by atoms with Crippen molar-refractivity contribution < 1.29 is 9.59 Å². The van der Waals surface area contributed by atoms with Gasteiger partial charge in [-0.3, -0.25) is 14.5 Å². The van der Waals surface area contributed by atoms with Crippen LogP contribution in [0.2, 0.25) is 0 Å². The Morgan fingerprint density at radius 2 is 1.83 bits per heavy atom. The van der Waals surface area contributed by atoms with Crippen LogP contribution in [-0.4, -0.2) is 24.4 Å². The van der Waals surface area contributed by atoms with Crippen molar-refractivity contribution in [2.45, 2.75) is 26.8 Å². The highest BCUT2D eigenvalue weighted by atomic mass is 16.2. The molecule has 0 spiro atoms. The summed E-state index contributed by atoms with van der Waals surface area (Å²) >= 11 is 0. The SMILES string of the molecule is Cc1ccc(N2C(=O)CNC(=O)C2C(C)C)cc1. The zero-order chi connectivity index (χ0) is 13.3. The summed E-state index contributed by atoms with van der Waals surface area (Å²) < 4.78 is 0. The standard InChI is InChI=1S/C14H18N2O2/c1-9(2)13-14(18)15-8-12(17)16(13)11-6-4-10(3)5-7-11/h4-7,9,13H,8H2,1-3H3,(H,15,18). The smallest absolute Gasteiger partial charge is 0.247 e. The largest absolute Gasteiger partial charge is 0.345 e. The number of carbonyl (C=O) groups is 2. The van der Waals surface area contributed by atoms with Crippen LogP contribution in [0.1, 0.15) is 19.4 Å². The fourth-order valence-corrected chi connectivity index (χ4v) is 2.24. The van der Waals surface area contributed by atoms with E-state index in [-0.39, 0.29) is 24.3 Å². The molecule has 0 aromatic heterocycles. The fourth-order valence-electron chi connectivity index (χ4n) is 2.24. The Balaban J connectivity index is 2.39. The van der Waals surface area contributed by atoms with E-state index in [4.69, 9.17) is 0 Å². The molecule has 1 N–H and O–H groups in total. The molecule has 1 aliphatic heterocycles. The van der Waals surface area contributed by atoms with Crippen LogP contribution in [0.25, 0.3) is 0 Å². The summed E-state index contributed by atoms with van der Waals surface area (Å²) in [5.41, 5.74) is 1.92. The summed E-state index contributed by atoms with van der Waals surface area (Å²) in [4.78, 5) is 25.6. The van der Waals surface area contributed by atoms with Gasteiger partial charge in [0.15, 0.2) is 0 Å². The van der Waals surface area contributed by atoms with Gasteiger partial charge in [-0.25, -0.2) is 0 Å². The van der Waals surface area contributed by atoms with E-state index in [9.17, 15) is 9.59 Å². The first-order valence-corrected chi connectivity index (χ1v) is 6.17. The average Bonchev–Trinajstić information content (AvgIpc) is 2.32. The number of amides is 2. The van der Waals surface area contributed by atoms with Crippen molar-refractivity contribution in [3.8, 4) is 0 Å². The Kier molecular flexibility index (Phi) is 3.36. The van der Waals surface area contributed by atoms with E-state index in [0.717, 1.165) is 11.3 Å². The van der Waals surface area contributed by atoms with Gasteiger partial charge < -0.3 is 5.32 Å². The molecule has 18 heavy (non-hydrogen) atoms. The molecule has 1 atom stereocenters. The van der Waals surface area contributed by atoms with Crippen LogP contribution in [0.3, 0.4) is 0 Å². The molecule has 0 bridgehead atoms. The third-order valence-corrected chi connectivity index (χ3v) is 3.17. The molecule has 1 unspecified atom stereocenters. The maximum atomic E-state index is 12.1. The van der Waals surface area contributed by atoms with Gasteiger partial charge in [0.25, 0.3) is 0 Å². The predicted octanol–water partition coefficient (Wildman–Crippen LogP) is 1.48. The summed E-state index contributed by atoms with van der Waals surface area (Å²) in [6.07, 6.45) is 0. The average molecular weight is 246 g/mol.